The first kappa shape index (κ1) is 18.6. The molecule has 2 rings (SSSR count). The second-order valence-electron chi connectivity index (χ2n) is 6.12. The molecule has 1 aliphatic rings. The highest BCUT2D eigenvalue weighted by atomic mass is 32.2. The van der Waals surface area contributed by atoms with E-state index in [9.17, 15) is 9.59 Å². The van der Waals surface area contributed by atoms with Crippen molar-refractivity contribution in [2.75, 3.05) is 31.2 Å². The normalized spacial score (nSPS) is 18.0. The molecular weight excluding hydrogens is 322 g/mol. The van der Waals surface area contributed by atoms with Gasteiger partial charge >= 0.3 is 6.03 Å². The van der Waals surface area contributed by atoms with Crippen molar-refractivity contribution in [1.82, 2.24) is 10.2 Å². The van der Waals surface area contributed by atoms with Crippen LogP contribution in [0.4, 0.5) is 10.5 Å². The van der Waals surface area contributed by atoms with Crippen molar-refractivity contribution in [3.05, 3.63) is 29.3 Å². The summed E-state index contributed by atoms with van der Waals surface area (Å²) in [4.78, 5) is 26.4. The van der Waals surface area contributed by atoms with Crippen molar-refractivity contribution in [1.29, 1.82) is 0 Å². The molecule has 0 spiro atoms. The van der Waals surface area contributed by atoms with Crippen LogP contribution in [-0.2, 0) is 0 Å². The molecule has 0 saturated carbocycles. The van der Waals surface area contributed by atoms with Gasteiger partial charge in [-0.2, -0.15) is 11.8 Å². The first-order valence-corrected chi connectivity index (χ1v) is 9.81. The van der Waals surface area contributed by atoms with Crippen molar-refractivity contribution in [3.63, 3.8) is 0 Å². The molecule has 1 fully saturated rings. The maximum atomic E-state index is 12.6. The molecule has 0 aliphatic carbocycles. The molecule has 1 aromatic rings. The Morgan fingerprint density at radius 2 is 2.12 bits per heavy atom. The summed E-state index contributed by atoms with van der Waals surface area (Å²) in [6.45, 7) is 6.00. The number of likely N-dealkylation sites (tertiary alicyclic amines) is 1. The number of carbonyl (C=O) groups is 2. The fourth-order valence-electron chi connectivity index (χ4n) is 2.88. The Morgan fingerprint density at radius 3 is 2.79 bits per heavy atom. The minimum atomic E-state index is -0.0891. The maximum Gasteiger partial charge on any atom is 0.321 e. The molecule has 2 N–H and O–H groups in total. The number of hydrogen-bond donors (Lipinski definition) is 2. The Hall–Kier alpha value is -1.69. The molecule has 0 bridgehead atoms. The third kappa shape index (κ3) is 4.90. The van der Waals surface area contributed by atoms with Gasteiger partial charge in [-0.05, 0) is 56.7 Å². The van der Waals surface area contributed by atoms with Crippen LogP contribution in [-0.4, -0.2) is 48.0 Å². The monoisotopic (exact) mass is 349 g/mol. The van der Waals surface area contributed by atoms with Crippen molar-refractivity contribution < 1.29 is 9.59 Å². The molecule has 0 unspecified atom stereocenters. The summed E-state index contributed by atoms with van der Waals surface area (Å²) in [6, 6.07) is 5.32. The summed E-state index contributed by atoms with van der Waals surface area (Å²) >= 11 is 1.83. The Bertz CT molecular complexity index is 592. The van der Waals surface area contributed by atoms with Crippen LogP contribution in [0, 0.1) is 6.92 Å². The molecule has 0 aromatic heterocycles. The first-order chi connectivity index (χ1) is 11.5. The van der Waals surface area contributed by atoms with E-state index in [0.29, 0.717) is 17.4 Å². The minimum Gasteiger partial charge on any atom is -0.352 e. The van der Waals surface area contributed by atoms with Gasteiger partial charge in [0, 0.05) is 36.1 Å². The van der Waals surface area contributed by atoms with E-state index in [2.05, 4.69) is 16.9 Å². The van der Waals surface area contributed by atoms with E-state index in [4.69, 9.17) is 0 Å². The number of nitrogens with zero attached hydrogens (tertiary/aromatic N) is 1. The van der Waals surface area contributed by atoms with E-state index in [1.165, 1.54) is 12.8 Å². The lowest BCUT2D eigenvalue weighted by Gasteiger charge is -2.24. The third-order valence-electron chi connectivity index (χ3n) is 4.32. The summed E-state index contributed by atoms with van der Waals surface area (Å²) in [5, 5.41) is 6.29. The van der Waals surface area contributed by atoms with Crippen molar-refractivity contribution in [3.8, 4) is 0 Å². The van der Waals surface area contributed by atoms with E-state index >= 15 is 0 Å². The van der Waals surface area contributed by atoms with Gasteiger partial charge in [0.2, 0.25) is 0 Å². The van der Waals surface area contributed by atoms with Gasteiger partial charge in [0.05, 0.1) is 0 Å². The SMILES string of the molecule is CCNC(=O)c1ccc(NC(=O)N2CCCC[C@@H](SC)C2)c(C)c1. The molecule has 0 radical (unpaired) electrons. The highest BCUT2D eigenvalue weighted by Gasteiger charge is 2.22. The van der Waals surface area contributed by atoms with E-state index in [-0.39, 0.29) is 11.9 Å². The molecule has 1 aromatic carbocycles. The molecule has 1 heterocycles. The Balaban J connectivity index is 2.04. The summed E-state index contributed by atoms with van der Waals surface area (Å²) in [7, 11) is 0. The van der Waals surface area contributed by atoms with Gasteiger partial charge in [-0.25, -0.2) is 4.79 Å². The molecule has 1 aliphatic heterocycles. The molecule has 24 heavy (non-hydrogen) atoms. The number of aryl methyl sites for hydroxylation is 1. The first-order valence-electron chi connectivity index (χ1n) is 8.52. The number of hydrogen-bond acceptors (Lipinski definition) is 3. The Labute approximate surface area is 148 Å². The average Bonchev–Trinajstić information content (AvgIpc) is 2.82. The maximum absolute atomic E-state index is 12.6. The van der Waals surface area contributed by atoms with Crippen LogP contribution in [0.1, 0.15) is 42.1 Å². The van der Waals surface area contributed by atoms with Crippen LogP contribution in [0.15, 0.2) is 18.2 Å². The third-order valence-corrected chi connectivity index (χ3v) is 5.37. The van der Waals surface area contributed by atoms with Crippen LogP contribution in [0.2, 0.25) is 0 Å². The Morgan fingerprint density at radius 1 is 1.33 bits per heavy atom. The van der Waals surface area contributed by atoms with Crippen molar-refractivity contribution >= 4 is 29.4 Å². The highest BCUT2D eigenvalue weighted by Crippen LogP contribution is 2.22. The van der Waals surface area contributed by atoms with Crippen LogP contribution >= 0.6 is 11.8 Å². The highest BCUT2D eigenvalue weighted by molar-refractivity contribution is 7.99. The molecule has 3 amide bonds. The smallest absolute Gasteiger partial charge is 0.321 e. The number of rotatable bonds is 4. The summed E-state index contributed by atoms with van der Waals surface area (Å²) < 4.78 is 0. The van der Waals surface area contributed by atoms with Crippen molar-refractivity contribution in [2.45, 2.75) is 38.4 Å². The zero-order chi connectivity index (χ0) is 17.5. The van der Waals surface area contributed by atoms with E-state index in [0.717, 1.165) is 30.8 Å². The predicted octanol–water partition coefficient (Wildman–Crippen LogP) is 3.49. The fraction of sp³-hybridized carbons (Fsp3) is 0.556. The van der Waals surface area contributed by atoms with E-state index < -0.39 is 0 Å². The summed E-state index contributed by atoms with van der Waals surface area (Å²) in [5.74, 6) is -0.0891. The number of anilines is 1. The quantitative estimate of drug-likeness (QED) is 0.875. The van der Waals surface area contributed by atoms with Crippen molar-refractivity contribution in [2.24, 2.45) is 0 Å². The lowest BCUT2D eigenvalue weighted by molar-refractivity contribution is 0.0955. The standard InChI is InChI=1S/C18H27N3O2S/c1-4-19-17(22)14-8-9-16(13(2)11-14)20-18(23)21-10-6-5-7-15(12-21)24-3/h8-9,11,15H,4-7,10,12H2,1-3H3,(H,19,22)(H,20,23)/t15-/m1/s1. The van der Waals surface area contributed by atoms with Crippen LogP contribution in [0.25, 0.3) is 0 Å². The second-order valence-corrected chi connectivity index (χ2v) is 7.26. The molecular formula is C18H27N3O2S. The number of benzene rings is 1. The molecule has 1 saturated heterocycles. The topological polar surface area (TPSA) is 61.4 Å². The molecule has 6 heteroatoms. The lowest BCUT2D eigenvalue weighted by atomic mass is 10.1. The largest absolute Gasteiger partial charge is 0.352 e. The van der Waals surface area contributed by atoms with Crippen LogP contribution < -0.4 is 10.6 Å². The number of thioether (sulfide) groups is 1. The average molecular weight is 350 g/mol. The van der Waals surface area contributed by atoms with Gasteiger partial charge in [0.1, 0.15) is 0 Å². The zero-order valence-corrected chi connectivity index (χ0v) is 15.5. The molecule has 5 nitrogen and oxygen atoms in total. The van der Waals surface area contributed by atoms with Gasteiger partial charge in [-0.3, -0.25) is 4.79 Å². The van der Waals surface area contributed by atoms with Gasteiger partial charge < -0.3 is 15.5 Å². The van der Waals surface area contributed by atoms with Gasteiger partial charge in [-0.1, -0.05) is 6.42 Å². The van der Waals surface area contributed by atoms with Crippen LogP contribution in [0.5, 0.6) is 0 Å². The van der Waals surface area contributed by atoms with Gasteiger partial charge in [0.15, 0.2) is 0 Å². The number of carbonyl (C=O) groups excluding carboxylic acids is 2. The summed E-state index contributed by atoms with van der Waals surface area (Å²) in [6.07, 6.45) is 5.51. The Kier molecular flexibility index (Phi) is 6.97. The van der Waals surface area contributed by atoms with E-state index in [1.807, 2.05) is 42.6 Å². The fourth-order valence-corrected chi connectivity index (χ4v) is 3.61. The number of urea groups is 1. The molecule has 1 atom stereocenters. The lowest BCUT2D eigenvalue weighted by Crippen LogP contribution is -2.38. The minimum absolute atomic E-state index is 0.0511. The van der Waals surface area contributed by atoms with E-state index in [1.54, 1.807) is 6.07 Å². The summed E-state index contributed by atoms with van der Waals surface area (Å²) in [5.41, 5.74) is 2.27. The molecule has 132 valence electrons. The van der Waals surface area contributed by atoms with Crippen LogP contribution in [0.3, 0.4) is 0 Å². The van der Waals surface area contributed by atoms with Gasteiger partial charge in [-0.15, -0.1) is 0 Å². The number of amides is 3. The van der Waals surface area contributed by atoms with Gasteiger partial charge in [0.25, 0.3) is 5.91 Å². The number of nitrogens with one attached hydrogen (secondary N) is 2. The zero-order valence-electron chi connectivity index (χ0n) is 14.7. The second kappa shape index (κ2) is 8.97. The predicted molar refractivity (Wildman–Crippen MR) is 101 cm³/mol.